The topological polar surface area (TPSA) is 67.4 Å². The van der Waals surface area contributed by atoms with Gasteiger partial charge in [-0.25, -0.2) is 0 Å². The molecule has 1 fully saturated rings. The van der Waals surface area contributed by atoms with Gasteiger partial charge in [-0.15, -0.1) is 0 Å². The average molecular weight is 308 g/mol. The summed E-state index contributed by atoms with van der Waals surface area (Å²) in [5.41, 5.74) is 1.04. The Labute approximate surface area is 128 Å². The number of hydrogen-bond acceptors (Lipinski definition) is 5. The fraction of sp³-hybridized carbons (Fsp3) is 0.467. The lowest BCUT2D eigenvalue weighted by molar-refractivity contribution is -0.153. The molecule has 2 atom stereocenters. The zero-order chi connectivity index (χ0) is 15.1. The lowest BCUT2D eigenvalue weighted by Gasteiger charge is -2.29. The molecule has 2 unspecified atom stereocenters. The van der Waals surface area contributed by atoms with Crippen LogP contribution in [0.4, 0.5) is 0 Å². The van der Waals surface area contributed by atoms with Crippen molar-refractivity contribution < 1.29 is 14.3 Å². The monoisotopic (exact) mass is 308 g/mol. The van der Waals surface area contributed by atoms with E-state index < -0.39 is 12.1 Å². The van der Waals surface area contributed by atoms with Gasteiger partial charge >= 0.3 is 5.97 Å². The van der Waals surface area contributed by atoms with Crippen molar-refractivity contribution in [2.75, 3.05) is 18.6 Å². The molecule has 0 saturated carbocycles. The largest absolute Gasteiger partial charge is 0.462 e. The van der Waals surface area contributed by atoms with Crippen molar-refractivity contribution in [3.63, 3.8) is 0 Å². The Balaban J connectivity index is 1.83. The molecule has 0 spiro atoms. The van der Waals surface area contributed by atoms with Gasteiger partial charge in [0.25, 0.3) is 0 Å². The number of benzene rings is 1. The minimum Gasteiger partial charge on any atom is -0.462 e. The van der Waals surface area contributed by atoms with E-state index in [0.717, 1.165) is 11.3 Å². The molecule has 1 aromatic carbocycles. The molecule has 2 rings (SSSR count). The summed E-state index contributed by atoms with van der Waals surface area (Å²) in [5.74, 6) is 0.446. The highest BCUT2D eigenvalue weighted by molar-refractivity contribution is 7.98. The molecule has 5 nitrogen and oxygen atoms in total. The number of thioether (sulfide) groups is 1. The van der Waals surface area contributed by atoms with Gasteiger partial charge in [-0.05, 0) is 24.0 Å². The normalized spacial score (nSPS) is 21.7. The Kier molecular flexibility index (Phi) is 6.07. The lowest BCUT2D eigenvalue weighted by atomic mass is 10.1. The molecule has 0 aliphatic carbocycles. The van der Waals surface area contributed by atoms with Crippen molar-refractivity contribution in [2.24, 2.45) is 0 Å². The summed E-state index contributed by atoms with van der Waals surface area (Å²) < 4.78 is 5.10. The predicted molar refractivity (Wildman–Crippen MR) is 83.0 cm³/mol. The summed E-state index contributed by atoms with van der Waals surface area (Å²) in [6.45, 7) is 0.566. The van der Waals surface area contributed by atoms with E-state index in [2.05, 4.69) is 10.6 Å². The molecule has 2 N–H and O–H groups in total. The van der Waals surface area contributed by atoms with Crippen molar-refractivity contribution in [3.05, 3.63) is 35.9 Å². The van der Waals surface area contributed by atoms with Gasteiger partial charge in [0.05, 0.1) is 0 Å². The van der Waals surface area contributed by atoms with Gasteiger partial charge in [0.15, 0.2) is 0 Å². The van der Waals surface area contributed by atoms with Crippen LogP contribution in [-0.2, 0) is 20.9 Å². The molecule has 0 radical (unpaired) electrons. The van der Waals surface area contributed by atoms with E-state index >= 15 is 0 Å². The number of rotatable bonds is 6. The van der Waals surface area contributed by atoms with Gasteiger partial charge in [0, 0.05) is 6.54 Å². The summed E-state index contributed by atoms with van der Waals surface area (Å²) >= 11 is 1.67. The van der Waals surface area contributed by atoms with Crippen LogP contribution in [0.25, 0.3) is 0 Å². The van der Waals surface area contributed by atoms with Gasteiger partial charge in [-0.3, -0.25) is 14.9 Å². The van der Waals surface area contributed by atoms with Crippen molar-refractivity contribution >= 4 is 23.6 Å². The van der Waals surface area contributed by atoms with Gasteiger partial charge in [0.2, 0.25) is 5.91 Å². The second-order valence-corrected chi connectivity index (χ2v) is 5.87. The van der Waals surface area contributed by atoms with Crippen LogP contribution in [-0.4, -0.2) is 42.6 Å². The van der Waals surface area contributed by atoms with Crippen molar-refractivity contribution in [1.29, 1.82) is 0 Å². The van der Waals surface area contributed by atoms with E-state index in [1.165, 1.54) is 0 Å². The van der Waals surface area contributed by atoms with E-state index in [4.69, 9.17) is 4.74 Å². The minimum atomic E-state index is -0.474. The maximum Gasteiger partial charge on any atom is 0.323 e. The quantitative estimate of drug-likeness (QED) is 0.766. The van der Waals surface area contributed by atoms with Crippen LogP contribution in [0.5, 0.6) is 0 Å². The molecule has 1 heterocycles. The Morgan fingerprint density at radius 2 is 2.19 bits per heavy atom. The second kappa shape index (κ2) is 8.05. The highest BCUT2D eigenvalue weighted by Crippen LogP contribution is 2.09. The van der Waals surface area contributed by atoms with E-state index in [1.54, 1.807) is 11.8 Å². The van der Waals surface area contributed by atoms with E-state index in [9.17, 15) is 9.59 Å². The maximum absolute atomic E-state index is 12.1. The number of amides is 1. The zero-order valence-corrected chi connectivity index (χ0v) is 12.8. The standard InChI is InChI=1S/C15H20N2O3S/c1-21-8-7-12-15(19)20-10-13(17-12)14(18)16-9-11-5-3-2-4-6-11/h2-6,12-13,17H,7-10H2,1H3,(H,16,18). The zero-order valence-electron chi connectivity index (χ0n) is 12.0. The molecular weight excluding hydrogens is 288 g/mol. The summed E-state index contributed by atoms with van der Waals surface area (Å²) in [7, 11) is 0. The molecule has 1 aliphatic rings. The van der Waals surface area contributed by atoms with Gasteiger partial charge in [-0.1, -0.05) is 30.3 Å². The molecule has 1 amide bonds. The van der Waals surface area contributed by atoms with Crippen LogP contribution in [0.3, 0.4) is 0 Å². The number of carbonyl (C=O) groups excluding carboxylic acids is 2. The van der Waals surface area contributed by atoms with Crippen molar-refractivity contribution in [1.82, 2.24) is 10.6 Å². The first-order valence-electron chi connectivity index (χ1n) is 6.94. The number of ether oxygens (including phenoxy) is 1. The van der Waals surface area contributed by atoms with Gasteiger partial charge in [-0.2, -0.15) is 11.8 Å². The molecule has 1 aliphatic heterocycles. The number of cyclic esters (lactones) is 1. The Morgan fingerprint density at radius 3 is 2.90 bits per heavy atom. The third kappa shape index (κ3) is 4.75. The van der Waals surface area contributed by atoms with Crippen LogP contribution in [0.1, 0.15) is 12.0 Å². The lowest BCUT2D eigenvalue weighted by Crippen LogP contribution is -2.57. The SMILES string of the molecule is CSCCC1NC(C(=O)NCc2ccccc2)COC1=O. The average Bonchev–Trinajstić information content (AvgIpc) is 2.53. The highest BCUT2D eigenvalue weighted by atomic mass is 32.2. The third-order valence-corrected chi connectivity index (χ3v) is 3.96. The first-order chi connectivity index (χ1) is 10.2. The highest BCUT2D eigenvalue weighted by Gasteiger charge is 2.32. The molecular formula is C15H20N2O3S. The van der Waals surface area contributed by atoms with Crippen LogP contribution < -0.4 is 10.6 Å². The van der Waals surface area contributed by atoms with E-state index in [0.29, 0.717) is 13.0 Å². The summed E-state index contributed by atoms with van der Waals surface area (Å²) in [6, 6.07) is 8.84. The number of carbonyl (C=O) groups is 2. The second-order valence-electron chi connectivity index (χ2n) is 4.89. The summed E-state index contributed by atoms with van der Waals surface area (Å²) in [5, 5.41) is 5.94. The molecule has 0 aromatic heterocycles. The van der Waals surface area contributed by atoms with Crippen molar-refractivity contribution in [3.8, 4) is 0 Å². The van der Waals surface area contributed by atoms with Crippen LogP contribution >= 0.6 is 11.8 Å². The number of morpholine rings is 1. The summed E-state index contributed by atoms with van der Waals surface area (Å²) in [4.78, 5) is 23.7. The minimum absolute atomic E-state index is 0.0925. The first kappa shape index (κ1) is 15.9. The number of nitrogens with one attached hydrogen (secondary N) is 2. The molecule has 1 saturated heterocycles. The van der Waals surface area contributed by atoms with Gasteiger partial charge in [0.1, 0.15) is 18.7 Å². The third-order valence-electron chi connectivity index (χ3n) is 3.32. The molecule has 0 bridgehead atoms. The molecule has 1 aromatic rings. The van der Waals surface area contributed by atoms with E-state index in [-0.39, 0.29) is 18.5 Å². The van der Waals surface area contributed by atoms with Gasteiger partial charge < -0.3 is 10.1 Å². The Hall–Kier alpha value is -1.53. The molecule has 6 heteroatoms. The van der Waals surface area contributed by atoms with E-state index in [1.807, 2.05) is 36.6 Å². The molecule has 114 valence electrons. The van der Waals surface area contributed by atoms with Crippen LogP contribution in [0.15, 0.2) is 30.3 Å². The smallest absolute Gasteiger partial charge is 0.323 e. The Bertz CT molecular complexity index is 481. The van der Waals surface area contributed by atoms with Crippen molar-refractivity contribution in [2.45, 2.75) is 25.0 Å². The number of esters is 1. The fourth-order valence-electron chi connectivity index (χ4n) is 2.12. The Morgan fingerprint density at radius 1 is 1.43 bits per heavy atom. The van der Waals surface area contributed by atoms with Crippen LogP contribution in [0, 0.1) is 0 Å². The maximum atomic E-state index is 12.1. The molecule has 21 heavy (non-hydrogen) atoms. The summed E-state index contributed by atoms with van der Waals surface area (Å²) in [6.07, 6.45) is 2.65. The van der Waals surface area contributed by atoms with Crippen LogP contribution in [0.2, 0.25) is 0 Å². The fourth-order valence-corrected chi connectivity index (χ4v) is 2.59. The number of hydrogen-bond donors (Lipinski definition) is 2. The first-order valence-corrected chi connectivity index (χ1v) is 8.33. The predicted octanol–water partition coefficient (Wildman–Crippen LogP) is 0.939.